The zero-order valence-corrected chi connectivity index (χ0v) is 35.2. The second-order valence-corrected chi connectivity index (χ2v) is 17.0. The lowest BCUT2D eigenvalue weighted by Crippen LogP contribution is -2.25. The Hall–Kier alpha value is -5.35. The molecule has 6 aromatic rings. The van der Waals surface area contributed by atoms with Gasteiger partial charge in [0.05, 0.1) is 12.4 Å². The number of fused-ring (bicyclic) bond motifs is 2. The SMILES string of the molecule is CC1CN(CCc2ccccc2)CC1c1nn2c(C3CCOCC3)ncc2c(=O)[nH]1.CC1CNCC1c1nn2c(C3CCOCC3)ncc2c(=O)[nH]1.O=CCc1ccccc1. The molecule has 4 aliphatic heterocycles. The van der Waals surface area contributed by atoms with Crippen LogP contribution in [0.4, 0.5) is 0 Å². The van der Waals surface area contributed by atoms with Crippen molar-refractivity contribution >= 4 is 17.3 Å². The first-order valence-electron chi connectivity index (χ1n) is 21.9. The molecular weight excluding hydrogens is 773 g/mol. The van der Waals surface area contributed by atoms with E-state index in [0.29, 0.717) is 41.1 Å². The fourth-order valence-corrected chi connectivity index (χ4v) is 9.09. The summed E-state index contributed by atoms with van der Waals surface area (Å²) in [7, 11) is 0. The Kier molecular flexibility index (Phi) is 13.9. The summed E-state index contributed by atoms with van der Waals surface area (Å²) in [6.45, 7) is 12.2. The number of carbonyl (C=O) groups excluding carboxylic acids is 1. The number of aromatic nitrogens is 8. The third-order valence-corrected chi connectivity index (χ3v) is 12.7. The standard InChI is InChI=1S/C23H29N5O2.C15H21N5O2.C8H8O/c1-16-14-27(10-7-17-5-3-2-4-6-17)15-19(16)21-25-23(29)20-13-24-22(28(20)26-21)18-8-11-30-12-9-18;1-9-6-16-7-11(9)13-18-15(21)12-8-17-14(20(12)19-13)10-2-4-22-5-3-10;9-7-6-8-4-2-1-3-5-8/h2-6,13,16,18-19H,7-12,14-15H2,1H3,(H,25,26,29);8-11,16H,2-7H2,1H3,(H,18,19,21);1-5,7H,6H2. The van der Waals surface area contributed by atoms with Crippen molar-refractivity contribution in [1.82, 2.24) is 49.4 Å². The Morgan fingerprint density at radius 3 is 1.70 bits per heavy atom. The Morgan fingerprint density at radius 1 is 0.672 bits per heavy atom. The van der Waals surface area contributed by atoms with E-state index >= 15 is 0 Å². The number of imidazole rings is 2. The summed E-state index contributed by atoms with van der Waals surface area (Å²) in [6, 6.07) is 20.3. The number of carbonyl (C=O) groups is 1. The highest BCUT2D eigenvalue weighted by Crippen LogP contribution is 2.32. The molecule has 4 saturated heterocycles. The molecule has 10 rings (SSSR count). The second kappa shape index (κ2) is 20.0. The predicted octanol–water partition coefficient (Wildman–Crippen LogP) is 4.65. The van der Waals surface area contributed by atoms with Crippen molar-refractivity contribution in [2.45, 2.75) is 76.0 Å². The number of aldehydes is 1. The molecule has 0 radical (unpaired) electrons. The number of H-pyrrole nitrogens is 2. The highest BCUT2D eigenvalue weighted by Gasteiger charge is 2.34. The van der Waals surface area contributed by atoms with Gasteiger partial charge < -0.3 is 34.5 Å². The molecule has 4 unspecified atom stereocenters. The van der Waals surface area contributed by atoms with Crippen LogP contribution in [0.5, 0.6) is 0 Å². The largest absolute Gasteiger partial charge is 0.381 e. The number of nitrogens with zero attached hydrogens (tertiary/aromatic N) is 7. The lowest BCUT2D eigenvalue weighted by molar-refractivity contribution is -0.107. The van der Waals surface area contributed by atoms with Crippen LogP contribution in [0.2, 0.25) is 0 Å². The van der Waals surface area contributed by atoms with Gasteiger partial charge in [-0.3, -0.25) is 9.59 Å². The molecule has 0 saturated carbocycles. The van der Waals surface area contributed by atoms with E-state index in [0.717, 1.165) is 126 Å². The lowest BCUT2D eigenvalue weighted by atomic mass is 9.97. The minimum atomic E-state index is -0.102. The van der Waals surface area contributed by atoms with Crippen molar-refractivity contribution in [3.05, 3.63) is 128 Å². The van der Waals surface area contributed by atoms with Gasteiger partial charge >= 0.3 is 0 Å². The number of likely N-dealkylation sites (tertiary alicyclic amines) is 1. The van der Waals surface area contributed by atoms with Crippen LogP contribution >= 0.6 is 0 Å². The maximum absolute atomic E-state index is 12.8. The molecule has 15 nitrogen and oxygen atoms in total. The fourth-order valence-electron chi connectivity index (χ4n) is 9.09. The minimum Gasteiger partial charge on any atom is -0.381 e. The zero-order valence-electron chi connectivity index (χ0n) is 35.2. The van der Waals surface area contributed by atoms with E-state index < -0.39 is 0 Å². The molecule has 4 aromatic heterocycles. The van der Waals surface area contributed by atoms with Crippen LogP contribution < -0.4 is 16.4 Å². The molecular formula is C46H58N10O5. The molecule has 15 heteroatoms. The number of aromatic amines is 2. The van der Waals surface area contributed by atoms with Gasteiger partial charge in [0.1, 0.15) is 29.6 Å². The summed E-state index contributed by atoms with van der Waals surface area (Å²) in [6.07, 6.45) is 9.50. The first-order chi connectivity index (χ1) is 29.9. The Bertz CT molecular complexity index is 2450. The number of rotatable bonds is 9. The van der Waals surface area contributed by atoms with E-state index in [1.54, 1.807) is 21.4 Å². The highest BCUT2D eigenvalue weighted by atomic mass is 16.5. The van der Waals surface area contributed by atoms with Gasteiger partial charge in [-0.05, 0) is 61.6 Å². The number of ether oxygens (including phenoxy) is 2. The van der Waals surface area contributed by atoms with Crippen LogP contribution in [0.15, 0.2) is 82.6 Å². The quantitative estimate of drug-likeness (QED) is 0.173. The topological polar surface area (TPSA) is 177 Å². The van der Waals surface area contributed by atoms with E-state index in [-0.39, 0.29) is 23.0 Å². The van der Waals surface area contributed by atoms with Crippen LogP contribution in [0, 0.1) is 11.8 Å². The van der Waals surface area contributed by atoms with E-state index in [1.807, 2.05) is 30.3 Å². The number of hydrogen-bond acceptors (Lipinski definition) is 11. The molecule has 3 N–H and O–H groups in total. The average molecular weight is 831 g/mol. The van der Waals surface area contributed by atoms with Crippen molar-refractivity contribution < 1.29 is 14.3 Å². The molecule has 4 atom stereocenters. The summed E-state index contributed by atoms with van der Waals surface area (Å²) in [5.41, 5.74) is 3.31. The van der Waals surface area contributed by atoms with Gasteiger partial charge in [-0.2, -0.15) is 10.2 Å². The van der Waals surface area contributed by atoms with Gasteiger partial charge in [0.25, 0.3) is 11.1 Å². The van der Waals surface area contributed by atoms with Gasteiger partial charge in [-0.15, -0.1) is 0 Å². The summed E-state index contributed by atoms with van der Waals surface area (Å²) in [4.78, 5) is 52.6. The summed E-state index contributed by atoms with van der Waals surface area (Å²) in [5, 5.41) is 13.0. The molecule has 0 bridgehead atoms. The zero-order chi connectivity index (χ0) is 42.1. The first kappa shape index (κ1) is 42.3. The molecule has 2 aromatic carbocycles. The third kappa shape index (κ3) is 10.1. The van der Waals surface area contributed by atoms with Gasteiger partial charge in [0, 0.05) is 82.7 Å². The van der Waals surface area contributed by atoms with Crippen LogP contribution in [0.1, 0.15) is 97.6 Å². The third-order valence-electron chi connectivity index (χ3n) is 12.7. The van der Waals surface area contributed by atoms with Gasteiger partial charge in [-0.25, -0.2) is 19.0 Å². The smallest absolute Gasteiger partial charge is 0.276 e. The lowest BCUT2D eigenvalue weighted by Gasteiger charge is -2.21. The number of hydrogen-bond donors (Lipinski definition) is 3. The molecule has 0 aliphatic carbocycles. The summed E-state index contributed by atoms with van der Waals surface area (Å²) < 4.78 is 14.5. The molecule has 322 valence electrons. The minimum absolute atomic E-state index is 0.0965. The van der Waals surface area contributed by atoms with Crippen LogP contribution in [0.25, 0.3) is 11.0 Å². The van der Waals surface area contributed by atoms with Crippen molar-refractivity contribution in [3.8, 4) is 0 Å². The molecule has 4 fully saturated rings. The van der Waals surface area contributed by atoms with Crippen LogP contribution in [-0.2, 0) is 27.1 Å². The molecule has 0 amide bonds. The fraction of sp³-hybridized carbons (Fsp3) is 0.500. The summed E-state index contributed by atoms with van der Waals surface area (Å²) in [5.74, 6) is 5.34. The van der Waals surface area contributed by atoms with Crippen molar-refractivity contribution in [2.24, 2.45) is 11.8 Å². The Labute approximate surface area is 355 Å². The Morgan fingerprint density at radius 2 is 1.20 bits per heavy atom. The maximum Gasteiger partial charge on any atom is 0.276 e. The van der Waals surface area contributed by atoms with E-state index in [2.05, 4.69) is 74.3 Å². The second-order valence-electron chi connectivity index (χ2n) is 17.0. The Balaban J connectivity index is 0.000000144. The van der Waals surface area contributed by atoms with Crippen molar-refractivity contribution in [1.29, 1.82) is 0 Å². The van der Waals surface area contributed by atoms with Gasteiger partial charge in [0.2, 0.25) is 0 Å². The van der Waals surface area contributed by atoms with Crippen molar-refractivity contribution in [2.75, 3.05) is 59.2 Å². The normalized spacial score (nSPS) is 22.5. The molecule has 4 aliphatic rings. The molecule has 0 spiro atoms. The van der Waals surface area contributed by atoms with E-state index in [9.17, 15) is 14.4 Å². The highest BCUT2D eigenvalue weighted by molar-refractivity contribution is 5.54. The summed E-state index contributed by atoms with van der Waals surface area (Å²) >= 11 is 0. The monoisotopic (exact) mass is 830 g/mol. The van der Waals surface area contributed by atoms with Gasteiger partial charge in [0.15, 0.2) is 11.0 Å². The molecule has 61 heavy (non-hydrogen) atoms. The number of nitrogens with one attached hydrogen (secondary N) is 3. The van der Waals surface area contributed by atoms with Crippen LogP contribution in [-0.4, -0.2) is 110 Å². The van der Waals surface area contributed by atoms with E-state index in [4.69, 9.17) is 19.7 Å². The van der Waals surface area contributed by atoms with E-state index in [1.165, 1.54) is 5.56 Å². The van der Waals surface area contributed by atoms with Gasteiger partial charge in [-0.1, -0.05) is 74.5 Å². The molecule has 8 heterocycles. The average Bonchev–Trinajstić information content (AvgIpc) is 4.11. The van der Waals surface area contributed by atoms with Crippen LogP contribution in [0.3, 0.4) is 0 Å². The van der Waals surface area contributed by atoms with Crippen molar-refractivity contribution in [3.63, 3.8) is 0 Å². The predicted molar refractivity (Wildman–Crippen MR) is 232 cm³/mol. The number of benzene rings is 2. The maximum atomic E-state index is 12.8. The first-order valence-corrected chi connectivity index (χ1v) is 21.9.